The van der Waals surface area contributed by atoms with Crippen molar-refractivity contribution < 1.29 is 0 Å². The largest absolute Gasteiger partial charge is 0.311 e. The van der Waals surface area contributed by atoms with E-state index >= 15 is 0 Å². The molecule has 0 fully saturated rings. The fourth-order valence-corrected chi connectivity index (χ4v) is 2.57. The molecule has 0 spiro atoms. The van der Waals surface area contributed by atoms with Gasteiger partial charge in [-0.15, -0.1) is 0 Å². The van der Waals surface area contributed by atoms with Crippen LogP contribution < -0.4 is 5.32 Å². The van der Waals surface area contributed by atoms with Crippen LogP contribution in [0.3, 0.4) is 0 Å². The zero-order chi connectivity index (χ0) is 10.4. The average Bonchev–Trinajstić information content (AvgIpc) is 2.26. The van der Waals surface area contributed by atoms with Crippen LogP contribution in [0.2, 0.25) is 0 Å². The van der Waals surface area contributed by atoms with Crippen LogP contribution in [0.25, 0.3) is 0 Å². The smallest absolute Gasteiger partial charge is 0.0298 e. The van der Waals surface area contributed by atoms with Gasteiger partial charge in [0.25, 0.3) is 0 Å². The first kappa shape index (κ1) is 11.5. The van der Waals surface area contributed by atoms with Crippen molar-refractivity contribution in [3.05, 3.63) is 35.9 Å². The normalized spacial score (nSPS) is 13.4. The van der Waals surface area contributed by atoms with Crippen LogP contribution >= 0.6 is 0 Å². The molecule has 1 N–H and O–H groups in total. The SMILES string of the molecule is CCC(CC)NC([SiH3])c1ccccc1. The van der Waals surface area contributed by atoms with Crippen LogP contribution in [-0.2, 0) is 0 Å². The summed E-state index contributed by atoms with van der Waals surface area (Å²) in [5, 5.41) is 3.69. The van der Waals surface area contributed by atoms with E-state index in [2.05, 4.69) is 49.5 Å². The molecule has 0 saturated carbocycles. The second-order valence-corrected chi connectivity index (χ2v) is 4.97. The lowest BCUT2D eigenvalue weighted by Crippen LogP contribution is -2.32. The number of benzene rings is 1. The van der Waals surface area contributed by atoms with Crippen LogP contribution in [-0.4, -0.2) is 16.3 Å². The highest BCUT2D eigenvalue weighted by Crippen LogP contribution is 2.10. The van der Waals surface area contributed by atoms with Gasteiger partial charge in [-0.1, -0.05) is 44.2 Å². The third kappa shape index (κ3) is 3.27. The number of hydrogen-bond acceptors (Lipinski definition) is 1. The van der Waals surface area contributed by atoms with E-state index < -0.39 is 0 Å². The molecule has 0 radical (unpaired) electrons. The molecule has 0 amide bonds. The van der Waals surface area contributed by atoms with Gasteiger partial charge in [0.1, 0.15) is 0 Å². The van der Waals surface area contributed by atoms with Gasteiger partial charge in [0.15, 0.2) is 0 Å². The molecule has 14 heavy (non-hydrogen) atoms. The molecule has 0 aliphatic heterocycles. The van der Waals surface area contributed by atoms with Gasteiger partial charge in [0.2, 0.25) is 0 Å². The van der Waals surface area contributed by atoms with Gasteiger partial charge in [0, 0.05) is 21.9 Å². The summed E-state index contributed by atoms with van der Waals surface area (Å²) < 4.78 is 0. The summed E-state index contributed by atoms with van der Waals surface area (Å²) >= 11 is 0. The van der Waals surface area contributed by atoms with Crippen LogP contribution in [0.4, 0.5) is 0 Å². The Morgan fingerprint density at radius 3 is 2.21 bits per heavy atom. The third-order valence-corrected chi connectivity index (χ3v) is 3.77. The van der Waals surface area contributed by atoms with Crippen LogP contribution in [0.1, 0.15) is 37.9 Å². The number of nitrogens with one attached hydrogen (secondary N) is 1. The van der Waals surface area contributed by atoms with E-state index in [1.165, 1.54) is 28.6 Å². The first-order valence-electron chi connectivity index (χ1n) is 5.58. The Bertz CT molecular complexity index is 244. The summed E-state index contributed by atoms with van der Waals surface area (Å²) in [5.74, 6) is 0. The molecular formula is C12H21NSi. The van der Waals surface area contributed by atoms with Crippen molar-refractivity contribution in [1.82, 2.24) is 5.32 Å². The van der Waals surface area contributed by atoms with Crippen LogP contribution in [0.5, 0.6) is 0 Å². The minimum absolute atomic E-state index is 0.598. The molecule has 78 valence electrons. The van der Waals surface area contributed by atoms with E-state index in [1.807, 2.05) is 0 Å². The van der Waals surface area contributed by atoms with Gasteiger partial charge in [-0.25, -0.2) is 0 Å². The molecule has 0 saturated heterocycles. The predicted octanol–water partition coefficient (Wildman–Crippen LogP) is 1.83. The van der Waals surface area contributed by atoms with Crippen LogP contribution in [0, 0.1) is 0 Å². The molecule has 0 heterocycles. The summed E-state index contributed by atoms with van der Waals surface area (Å²) in [6.07, 6.45) is 2.45. The maximum Gasteiger partial charge on any atom is 0.0298 e. The molecule has 0 aliphatic rings. The lowest BCUT2D eigenvalue weighted by atomic mass is 10.1. The summed E-state index contributed by atoms with van der Waals surface area (Å²) in [7, 11) is 1.17. The molecule has 0 aromatic heterocycles. The summed E-state index contributed by atoms with van der Waals surface area (Å²) in [4.78, 5) is 0. The minimum atomic E-state index is 0.598. The van der Waals surface area contributed by atoms with Crippen molar-refractivity contribution in [2.75, 3.05) is 0 Å². The minimum Gasteiger partial charge on any atom is -0.311 e. The quantitative estimate of drug-likeness (QED) is 0.726. The average molecular weight is 207 g/mol. The van der Waals surface area contributed by atoms with Crippen molar-refractivity contribution in [2.45, 2.75) is 38.4 Å². The van der Waals surface area contributed by atoms with Gasteiger partial charge >= 0.3 is 0 Å². The van der Waals surface area contributed by atoms with Gasteiger partial charge in [0.05, 0.1) is 0 Å². The molecule has 1 unspecified atom stereocenters. The molecule has 1 aromatic rings. The molecule has 0 bridgehead atoms. The van der Waals surface area contributed by atoms with E-state index in [4.69, 9.17) is 0 Å². The Hall–Kier alpha value is -0.603. The molecule has 1 nitrogen and oxygen atoms in total. The van der Waals surface area contributed by atoms with Gasteiger partial charge in [-0.2, -0.15) is 0 Å². The third-order valence-electron chi connectivity index (χ3n) is 2.77. The maximum absolute atomic E-state index is 3.69. The van der Waals surface area contributed by atoms with Gasteiger partial charge in [-0.3, -0.25) is 0 Å². The van der Waals surface area contributed by atoms with Crippen molar-refractivity contribution in [1.29, 1.82) is 0 Å². The van der Waals surface area contributed by atoms with Crippen molar-refractivity contribution in [3.8, 4) is 0 Å². The molecule has 0 aliphatic carbocycles. The zero-order valence-corrected chi connectivity index (χ0v) is 11.5. The van der Waals surface area contributed by atoms with E-state index in [9.17, 15) is 0 Å². The van der Waals surface area contributed by atoms with Gasteiger partial charge in [-0.05, 0) is 18.4 Å². The zero-order valence-electron chi connectivity index (χ0n) is 9.46. The lowest BCUT2D eigenvalue weighted by Gasteiger charge is -2.21. The standard InChI is InChI=1S/C12H21NSi/c1-3-11(4-2)13-12(14)10-8-6-5-7-9-10/h5-9,11-13H,3-4H2,1-2,14H3. The molecular weight excluding hydrogens is 186 g/mol. The van der Waals surface area contributed by atoms with Crippen LogP contribution in [0.15, 0.2) is 30.3 Å². The van der Waals surface area contributed by atoms with Crippen molar-refractivity contribution in [3.63, 3.8) is 0 Å². The Morgan fingerprint density at radius 2 is 1.71 bits per heavy atom. The Labute approximate surface area is 90.3 Å². The van der Waals surface area contributed by atoms with E-state index in [-0.39, 0.29) is 0 Å². The highest BCUT2D eigenvalue weighted by molar-refractivity contribution is 6.12. The Kier molecular flexibility index (Phi) is 4.91. The summed E-state index contributed by atoms with van der Waals surface area (Å²) in [6.45, 7) is 4.50. The van der Waals surface area contributed by atoms with Gasteiger partial charge < -0.3 is 5.32 Å². The number of rotatable bonds is 5. The van der Waals surface area contributed by atoms with E-state index in [0.29, 0.717) is 11.7 Å². The van der Waals surface area contributed by atoms with Crippen molar-refractivity contribution in [2.24, 2.45) is 0 Å². The molecule has 2 heteroatoms. The Balaban J connectivity index is 2.54. The topological polar surface area (TPSA) is 12.0 Å². The first-order chi connectivity index (χ1) is 6.77. The van der Waals surface area contributed by atoms with E-state index in [0.717, 1.165) is 0 Å². The number of hydrogen-bond donors (Lipinski definition) is 1. The fraction of sp³-hybridized carbons (Fsp3) is 0.500. The molecule has 1 aromatic carbocycles. The first-order valence-corrected chi connectivity index (χ1v) is 6.74. The van der Waals surface area contributed by atoms with E-state index in [1.54, 1.807) is 0 Å². The maximum atomic E-state index is 3.69. The fourth-order valence-electron chi connectivity index (χ4n) is 1.72. The lowest BCUT2D eigenvalue weighted by molar-refractivity contribution is 0.474. The second-order valence-electron chi connectivity index (χ2n) is 3.81. The highest BCUT2D eigenvalue weighted by atomic mass is 28.1. The predicted molar refractivity (Wildman–Crippen MR) is 66.6 cm³/mol. The highest BCUT2D eigenvalue weighted by Gasteiger charge is 2.08. The Morgan fingerprint density at radius 1 is 1.14 bits per heavy atom. The molecule has 1 rings (SSSR count). The molecule has 1 atom stereocenters. The summed E-state index contributed by atoms with van der Waals surface area (Å²) in [5.41, 5.74) is 2.03. The summed E-state index contributed by atoms with van der Waals surface area (Å²) in [6, 6.07) is 11.4. The second kappa shape index (κ2) is 5.99. The monoisotopic (exact) mass is 207 g/mol. The van der Waals surface area contributed by atoms with Crippen molar-refractivity contribution >= 4 is 10.2 Å².